The Bertz CT molecular complexity index is 883. The smallest absolute Gasteiger partial charge is 0.258 e. The summed E-state index contributed by atoms with van der Waals surface area (Å²) < 4.78 is 44.9. The number of aryl methyl sites for hydroxylation is 2. The quantitative estimate of drug-likeness (QED) is 0.539. The molecule has 0 fully saturated rings. The number of nitrogens with one attached hydrogen (secondary N) is 2. The number of amides is 2. The van der Waals surface area contributed by atoms with E-state index in [-0.39, 0.29) is 19.7 Å². The highest BCUT2D eigenvalue weighted by molar-refractivity contribution is 6.32. The Morgan fingerprint density at radius 3 is 2.25 bits per heavy atom. The van der Waals surface area contributed by atoms with Gasteiger partial charge in [-0.3, -0.25) is 9.59 Å². The number of benzene rings is 2. The number of ether oxygens (including phenoxy) is 1. The Hall–Kier alpha value is -2.74. The summed E-state index contributed by atoms with van der Waals surface area (Å²) in [5.74, 6) is -5.52. The van der Waals surface area contributed by atoms with Gasteiger partial charge >= 0.3 is 0 Å². The summed E-state index contributed by atoms with van der Waals surface area (Å²) in [7, 11) is 0. The lowest BCUT2D eigenvalue weighted by Gasteiger charge is -2.11. The average Bonchev–Trinajstić information content (AvgIpc) is 2.65. The molecule has 0 aliphatic carbocycles. The van der Waals surface area contributed by atoms with Crippen LogP contribution >= 0.6 is 11.6 Å². The zero-order valence-electron chi connectivity index (χ0n) is 15.2. The topological polar surface area (TPSA) is 67.4 Å². The molecule has 150 valence electrons. The summed E-state index contributed by atoms with van der Waals surface area (Å²) in [6.07, 6.45) is 0. The zero-order chi connectivity index (χ0) is 20.8. The van der Waals surface area contributed by atoms with Crippen LogP contribution in [0.5, 0.6) is 5.75 Å². The van der Waals surface area contributed by atoms with Crippen molar-refractivity contribution in [3.8, 4) is 5.75 Å². The molecule has 2 N–H and O–H groups in total. The van der Waals surface area contributed by atoms with E-state index in [1.54, 1.807) is 12.1 Å². The maximum absolute atomic E-state index is 13.5. The Balaban J connectivity index is 1.75. The largest absolute Gasteiger partial charge is 0.484 e. The highest BCUT2D eigenvalue weighted by atomic mass is 35.5. The van der Waals surface area contributed by atoms with E-state index in [1.807, 2.05) is 13.8 Å². The molecule has 28 heavy (non-hydrogen) atoms. The number of hydrogen-bond acceptors (Lipinski definition) is 3. The summed E-state index contributed by atoms with van der Waals surface area (Å²) in [5.41, 5.74) is 1.02. The molecule has 0 atom stereocenters. The molecule has 0 aliphatic rings. The van der Waals surface area contributed by atoms with Crippen molar-refractivity contribution in [2.45, 2.75) is 13.8 Å². The number of carbonyl (C=O) groups excluding carboxylic acids is 2. The lowest BCUT2D eigenvalue weighted by molar-refractivity contribution is -0.123. The normalized spacial score (nSPS) is 10.5. The zero-order valence-corrected chi connectivity index (χ0v) is 15.9. The monoisotopic (exact) mass is 414 g/mol. The first kappa shape index (κ1) is 21.6. The van der Waals surface area contributed by atoms with Crippen molar-refractivity contribution in [2.75, 3.05) is 19.7 Å². The first-order valence-electron chi connectivity index (χ1n) is 8.28. The highest BCUT2D eigenvalue weighted by Crippen LogP contribution is 2.25. The summed E-state index contributed by atoms with van der Waals surface area (Å²) in [6, 6.07) is 4.91. The van der Waals surface area contributed by atoms with Gasteiger partial charge in [-0.25, -0.2) is 13.2 Å². The molecular weight excluding hydrogens is 397 g/mol. The average molecular weight is 415 g/mol. The third-order valence-electron chi connectivity index (χ3n) is 3.79. The van der Waals surface area contributed by atoms with E-state index in [0.717, 1.165) is 17.2 Å². The molecule has 0 aliphatic heterocycles. The van der Waals surface area contributed by atoms with Gasteiger partial charge in [0.15, 0.2) is 24.1 Å². The number of hydrogen-bond donors (Lipinski definition) is 2. The van der Waals surface area contributed by atoms with E-state index in [2.05, 4.69) is 10.6 Å². The second kappa shape index (κ2) is 9.45. The first-order chi connectivity index (χ1) is 13.2. The fraction of sp³-hybridized carbons (Fsp3) is 0.263. The van der Waals surface area contributed by atoms with Gasteiger partial charge in [0, 0.05) is 18.1 Å². The fourth-order valence-corrected chi connectivity index (χ4v) is 2.47. The molecule has 0 aromatic heterocycles. The molecule has 0 spiro atoms. The maximum Gasteiger partial charge on any atom is 0.258 e. The van der Waals surface area contributed by atoms with Crippen LogP contribution < -0.4 is 15.4 Å². The molecule has 0 bridgehead atoms. The van der Waals surface area contributed by atoms with Gasteiger partial charge in [-0.15, -0.1) is 0 Å². The summed E-state index contributed by atoms with van der Waals surface area (Å²) in [4.78, 5) is 23.6. The number of rotatable bonds is 7. The van der Waals surface area contributed by atoms with Crippen molar-refractivity contribution in [3.63, 3.8) is 0 Å². The second-order valence-corrected chi connectivity index (χ2v) is 6.37. The third kappa shape index (κ3) is 5.39. The van der Waals surface area contributed by atoms with Crippen LogP contribution in [0.3, 0.4) is 0 Å². The minimum Gasteiger partial charge on any atom is -0.484 e. The van der Waals surface area contributed by atoms with E-state index in [1.165, 1.54) is 0 Å². The van der Waals surface area contributed by atoms with Crippen molar-refractivity contribution in [2.24, 2.45) is 0 Å². The minimum absolute atomic E-state index is 0.0395. The Morgan fingerprint density at radius 1 is 1.00 bits per heavy atom. The van der Waals surface area contributed by atoms with Crippen LogP contribution in [0.1, 0.15) is 21.5 Å². The fourth-order valence-electron chi connectivity index (χ4n) is 2.36. The van der Waals surface area contributed by atoms with Gasteiger partial charge in [0.1, 0.15) is 5.75 Å². The van der Waals surface area contributed by atoms with Crippen molar-refractivity contribution in [1.82, 2.24) is 10.6 Å². The standard InChI is InChI=1S/C19H18ClF3N2O3/c1-10-7-12(8-11(2)16(10)20)28-9-15(26)24-5-6-25-19(27)13-3-4-14(21)18(23)17(13)22/h3-4,7-8H,5-6,9H2,1-2H3,(H,24,26)(H,25,27). The van der Waals surface area contributed by atoms with Crippen LogP contribution in [-0.2, 0) is 4.79 Å². The predicted molar refractivity (Wildman–Crippen MR) is 98.1 cm³/mol. The Kier molecular flexibility index (Phi) is 7.28. The van der Waals surface area contributed by atoms with Gasteiger partial charge in [0.25, 0.3) is 11.8 Å². The summed E-state index contributed by atoms with van der Waals surface area (Å²) in [5, 5.41) is 5.43. The van der Waals surface area contributed by atoms with E-state index in [4.69, 9.17) is 16.3 Å². The van der Waals surface area contributed by atoms with Crippen LogP contribution in [0, 0.1) is 31.3 Å². The first-order valence-corrected chi connectivity index (χ1v) is 8.66. The lowest BCUT2D eigenvalue weighted by atomic mass is 10.1. The van der Waals surface area contributed by atoms with Crippen molar-refractivity contribution in [1.29, 1.82) is 0 Å². The molecule has 2 aromatic carbocycles. The molecule has 0 unspecified atom stereocenters. The number of carbonyl (C=O) groups is 2. The third-order valence-corrected chi connectivity index (χ3v) is 4.39. The van der Waals surface area contributed by atoms with Gasteiger partial charge < -0.3 is 15.4 Å². The molecule has 5 nitrogen and oxygen atoms in total. The molecule has 0 saturated heterocycles. The molecule has 2 aromatic rings. The van der Waals surface area contributed by atoms with Crippen LogP contribution in [0.15, 0.2) is 24.3 Å². The van der Waals surface area contributed by atoms with Crippen LogP contribution in [0.25, 0.3) is 0 Å². The van der Waals surface area contributed by atoms with E-state index in [0.29, 0.717) is 16.8 Å². The lowest BCUT2D eigenvalue weighted by Crippen LogP contribution is -2.37. The van der Waals surface area contributed by atoms with Gasteiger partial charge in [0.2, 0.25) is 0 Å². The van der Waals surface area contributed by atoms with Gasteiger partial charge in [-0.05, 0) is 49.2 Å². The van der Waals surface area contributed by atoms with Gasteiger partial charge in [-0.1, -0.05) is 11.6 Å². The Morgan fingerprint density at radius 2 is 1.61 bits per heavy atom. The molecule has 9 heteroatoms. The molecule has 2 rings (SSSR count). The van der Waals surface area contributed by atoms with E-state index < -0.39 is 34.8 Å². The molecule has 0 heterocycles. The van der Waals surface area contributed by atoms with Crippen molar-refractivity contribution in [3.05, 3.63) is 63.4 Å². The van der Waals surface area contributed by atoms with Crippen LogP contribution in [0.2, 0.25) is 5.02 Å². The van der Waals surface area contributed by atoms with Gasteiger partial charge in [-0.2, -0.15) is 0 Å². The second-order valence-electron chi connectivity index (χ2n) is 5.99. The Labute approximate surface area is 164 Å². The SMILES string of the molecule is Cc1cc(OCC(=O)NCCNC(=O)c2ccc(F)c(F)c2F)cc(C)c1Cl. The van der Waals surface area contributed by atoms with Crippen molar-refractivity contribution < 1.29 is 27.5 Å². The van der Waals surface area contributed by atoms with Gasteiger partial charge in [0.05, 0.1) is 5.56 Å². The van der Waals surface area contributed by atoms with Crippen molar-refractivity contribution >= 4 is 23.4 Å². The van der Waals surface area contributed by atoms with Crippen LogP contribution in [-0.4, -0.2) is 31.5 Å². The molecule has 0 saturated carbocycles. The predicted octanol–water partition coefficient (Wildman–Crippen LogP) is 3.30. The minimum atomic E-state index is -1.72. The summed E-state index contributed by atoms with van der Waals surface area (Å²) in [6.45, 7) is 3.40. The van der Waals surface area contributed by atoms with Crippen LogP contribution in [0.4, 0.5) is 13.2 Å². The molecular formula is C19H18ClF3N2O3. The molecule has 2 amide bonds. The summed E-state index contributed by atoms with van der Waals surface area (Å²) >= 11 is 6.06. The van der Waals surface area contributed by atoms with E-state index >= 15 is 0 Å². The van der Waals surface area contributed by atoms with E-state index in [9.17, 15) is 22.8 Å². The highest BCUT2D eigenvalue weighted by Gasteiger charge is 2.18. The number of halogens is 4. The molecule has 0 radical (unpaired) electrons. The maximum atomic E-state index is 13.5.